The van der Waals surface area contributed by atoms with Gasteiger partial charge in [-0.1, -0.05) is 47.6 Å². The van der Waals surface area contributed by atoms with E-state index in [9.17, 15) is 9.90 Å². The number of hydrogen-bond donors (Lipinski definition) is 2. The summed E-state index contributed by atoms with van der Waals surface area (Å²) in [4.78, 5) is 12.5. The summed E-state index contributed by atoms with van der Waals surface area (Å²) in [6.45, 7) is 0. The molecule has 5 nitrogen and oxygen atoms in total. The van der Waals surface area contributed by atoms with Crippen LogP contribution in [0.15, 0.2) is 29.2 Å². The number of nitrogens with zero attached hydrogens (tertiary/aromatic N) is 2. The molecule has 2 atom stereocenters. The van der Waals surface area contributed by atoms with Crippen molar-refractivity contribution < 1.29 is 5.11 Å². The summed E-state index contributed by atoms with van der Waals surface area (Å²) in [7, 11) is 0. The van der Waals surface area contributed by atoms with E-state index in [0.717, 1.165) is 30.4 Å². The first-order valence-corrected chi connectivity index (χ1v) is 8.78. The van der Waals surface area contributed by atoms with Crippen molar-refractivity contribution in [2.75, 3.05) is 5.32 Å². The molecule has 1 heterocycles. The van der Waals surface area contributed by atoms with Crippen LogP contribution in [0, 0.1) is 0 Å². The summed E-state index contributed by atoms with van der Waals surface area (Å²) in [5, 5.41) is 18.1. The number of benzene rings is 1. The second kappa shape index (κ2) is 7.31. The van der Waals surface area contributed by atoms with Crippen LogP contribution in [0.4, 0.5) is 5.69 Å². The molecular weight excluding hydrogens is 373 g/mol. The third kappa shape index (κ3) is 3.54. The third-order valence-corrected chi connectivity index (χ3v) is 5.03. The Morgan fingerprint density at radius 3 is 2.67 bits per heavy atom. The molecule has 1 saturated carbocycles. The van der Waals surface area contributed by atoms with Gasteiger partial charge < -0.3 is 10.4 Å². The van der Waals surface area contributed by atoms with Crippen molar-refractivity contribution in [2.45, 2.75) is 37.8 Å². The second-order valence-corrected chi connectivity index (χ2v) is 7.01. The highest BCUT2D eigenvalue weighted by molar-refractivity contribution is 6.36. The van der Waals surface area contributed by atoms with Gasteiger partial charge in [-0.2, -0.15) is 9.78 Å². The van der Waals surface area contributed by atoms with Crippen molar-refractivity contribution in [1.82, 2.24) is 9.78 Å². The fraction of sp³-hybridized carbons (Fsp3) is 0.375. The molecule has 2 aromatic rings. The molecule has 0 bridgehead atoms. The monoisotopic (exact) mass is 387 g/mol. The van der Waals surface area contributed by atoms with E-state index in [1.807, 2.05) is 0 Å². The van der Waals surface area contributed by atoms with E-state index in [0.29, 0.717) is 21.4 Å². The largest absolute Gasteiger partial charge is 0.391 e. The van der Waals surface area contributed by atoms with Crippen LogP contribution in [0.2, 0.25) is 15.1 Å². The summed E-state index contributed by atoms with van der Waals surface area (Å²) >= 11 is 18.2. The Balaban J connectivity index is 1.93. The maximum absolute atomic E-state index is 12.5. The predicted molar refractivity (Wildman–Crippen MR) is 96.7 cm³/mol. The number of aromatic nitrogens is 2. The molecule has 24 heavy (non-hydrogen) atoms. The van der Waals surface area contributed by atoms with Crippen molar-refractivity contribution in [1.29, 1.82) is 0 Å². The van der Waals surface area contributed by atoms with Crippen LogP contribution in [0.3, 0.4) is 0 Å². The van der Waals surface area contributed by atoms with Gasteiger partial charge in [0.25, 0.3) is 5.56 Å². The number of nitrogens with one attached hydrogen (secondary N) is 1. The second-order valence-electron chi connectivity index (χ2n) is 5.79. The molecule has 0 radical (unpaired) electrons. The highest BCUT2D eigenvalue weighted by Crippen LogP contribution is 2.26. The molecule has 0 saturated heterocycles. The Morgan fingerprint density at radius 1 is 1.21 bits per heavy atom. The van der Waals surface area contributed by atoms with Gasteiger partial charge in [-0.05, 0) is 31.0 Å². The smallest absolute Gasteiger partial charge is 0.292 e. The number of hydrogen-bond acceptors (Lipinski definition) is 4. The van der Waals surface area contributed by atoms with Crippen LogP contribution in [-0.2, 0) is 0 Å². The fourth-order valence-corrected chi connectivity index (χ4v) is 3.51. The maximum Gasteiger partial charge on any atom is 0.292 e. The lowest BCUT2D eigenvalue weighted by Gasteiger charge is -2.29. The number of halogens is 3. The van der Waals surface area contributed by atoms with Crippen molar-refractivity contribution in [2.24, 2.45) is 0 Å². The van der Waals surface area contributed by atoms with Crippen molar-refractivity contribution in [3.8, 4) is 5.69 Å². The topological polar surface area (TPSA) is 67.2 Å². The highest BCUT2D eigenvalue weighted by atomic mass is 35.5. The third-order valence-electron chi connectivity index (χ3n) is 4.13. The van der Waals surface area contributed by atoms with Crippen LogP contribution >= 0.6 is 34.8 Å². The van der Waals surface area contributed by atoms with Gasteiger partial charge in [0.05, 0.1) is 34.7 Å². The molecule has 128 valence electrons. The molecule has 1 aromatic carbocycles. The van der Waals surface area contributed by atoms with Crippen LogP contribution < -0.4 is 10.9 Å². The molecule has 2 N–H and O–H groups in total. The van der Waals surface area contributed by atoms with E-state index < -0.39 is 11.7 Å². The number of aliphatic hydroxyl groups excluding tert-OH is 1. The zero-order valence-corrected chi connectivity index (χ0v) is 14.9. The van der Waals surface area contributed by atoms with Crippen molar-refractivity contribution in [3.63, 3.8) is 0 Å². The molecule has 0 unspecified atom stereocenters. The minimum atomic E-state index is -0.490. The van der Waals surface area contributed by atoms with Crippen molar-refractivity contribution >= 4 is 40.5 Å². The molecule has 0 aliphatic heterocycles. The predicted octanol–water partition coefficient (Wildman–Crippen LogP) is 3.91. The molecule has 1 aromatic heterocycles. The van der Waals surface area contributed by atoms with Gasteiger partial charge in [-0.3, -0.25) is 4.79 Å². The molecule has 0 amide bonds. The highest BCUT2D eigenvalue weighted by Gasteiger charge is 2.24. The van der Waals surface area contributed by atoms with Crippen LogP contribution in [0.25, 0.3) is 5.69 Å². The zero-order valence-electron chi connectivity index (χ0n) is 12.7. The Kier molecular flexibility index (Phi) is 5.35. The molecule has 8 heteroatoms. The average molecular weight is 389 g/mol. The van der Waals surface area contributed by atoms with Gasteiger partial charge in [-0.15, -0.1) is 0 Å². The molecule has 1 aliphatic carbocycles. The number of aliphatic hydroxyl groups is 1. The van der Waals surface area contributed by atoms with E-state index >= 15 is 0 Å². The lowest BCUT2D eigenvalue weighted by Crippen LogP contribution is -2.37. The standard InChI is InChI=1S/C16H16Cl3N3O2/c17-9-5-6-13(10(18)7-9)22-16(24)15(19)12(8-20-22)21-11-3-1-2-4-14(11)23/h5-8,11,14,21,23H,1-4H2/t11-,14-/m0/s1. The SMILES string of the molecule is O=c1c(Cl)c(N[C@H]2CCCC[C@@H]2O)cnn1-c1ccc(Cl)cc1Cl. The summed E-state index contributed by atoms with van der Waals surface area (Å²) in [6.07, 6.45) is 4.60. The van der Waals surface area contributed by atoms with Gasteiger partial charge >= 0.3 is 0 Å². The number of rotatable bonds is 3. The Morgan fingerprint density at radius 2 is 1.96 bits per heavy atom. The first kappa shape index (κ1) is 17.5. The summed E-state index contributed by atoms with van der Waals surface area (Å²) < 4.78 is 1.13. The minimum Gasteiger partial charge on any atom is -0.391 e. The van der Waals surface area contributed by atoms with Gasteiger partial charge in [0.15, 0.2) is 0 Å². The average Bonchev–Trinajstić information content (AvgIpc) is 2.55. The molecule has 0 spiro atoms. The summed E-state index contributed by atoms with van der Waals surface area (Å²) in [5.74, 6) is 0. The molecule has 1 fully saturated rings. The minimum absolute atomic E-state index is 0.00814. The lowest BCUT2D eigenvalue weighted by molar-refractivity contribution is 0.116. The first-order valence-electron chi connectivity index (χ1n) is 7.65. The zero-order chi connectivity index (χ0) is 17.3. The van der Waals surface area contributed by atoms with Gasteiger partial charge in [-0.25, -0.2) is 0 Å². The Labute approximate surface area is 154 Å². The Hall–Kier alpha value is -1.27. The molecule has 3 rings (SSSR count). The van der Waals surface area contributed by atoms with E-state index in [4.69, 9.17) is 34.8 Å². The molecular formula is C16H16Cl3N3O2. The van der Waals surface area contributed by atoms with Gasteiger partial charge in [0.1, 0.15) is 5.02 Å². The summed E-state index contributed by atoms with van der Waals surface area (Å²) in [5.41, 5.74) is 0.322. The first-order chi connectivity index (χ1) is 11.5. The van der Waals surface area contributed by atoms with E-state index in [-0.39, 0.29) is 11.1 Å². The van der Waals surface area contributed by atoms with E-state index in [1.54, 1.807) is 12.1 Å². The summed E-state index contributed by atoms with van der Waals surface area (Å²) in [6, 6.07) is 4.63. The van der Waals surface area contributed by atoms with Crippen molar-refractivity contribution in [3.05, 3.63) is 49.8 Å². The lowest BCUT2D eigenvalue weighted by atomic mass is 9.92. The van der Waals surface area contributed by atoms with Gasteiger partial charge in [0, 0.05) is 5.02 Å². The Bertz CT molecular complexity index is 810. The van der Waals surface area contributed by atoms with E-state index in [2.05, 4.69) is 10.4 Å². The van der Waals surface area contributed by atoms with Crippen LogP contribution in [0.5, 0.6) is 0 Å². The van der Waals surface area contributed by atoms with Gasteiger partial charge in [0.2, 0.25) is 0 Å². The maximum atomic E-state index is 12.5. The molecule has 1 aliphatic rings. The quantitative estimate of drug-likeness (QED) is 0.836. The number of anilines is 1. The van der Waals surface area contributed by atoms with Crippen LogP contribution in [0.1, 0.15) is 25.7 Å². The normalized spacial score (nSPS) is 20.8. The van der Waals surface area contributed by atoms with E-state index in [1.165, 1.54) is 12.3 Å². The van der Waals surface area contributed by atoms with Crippen LogP contribution in [-0.4, -0.2) is 27.0 Å². The fourth-order valence-electron chi connectivity index (χ4n) is 2.84.